The van der Waals surface area contributed by atoms with Gasteiger partial charge in [-0.05, 0) is 48.5 Å². The maximum Gasteiger partial charge on any atom is 0.137 e. The minimum atomic E-state index is 0.904. The molecule has 0 bridgehead atoms. The van der Waals surface area contributed by atoms with Gasteiger partial charge in [0.2, 0.25) is 0 Å². The van der Waals surface area contributed by atoms with Gasteiger partial charge in [0.1, 0.15) is 11.2 Å². The number of furan rings is 1. The average Bonchev–Trinajstić information content (AvgIpc) is 3.52. The third-order valence-electron chi connectivity index (χ3n) is 6.77. The molecular weight excluding hydrogens is 404 g/mol. The van der Waals surface area contributed by atoms with Crippen molar-refractivity contribution in [3.8, 4) is 5.69 Å². The summed E-state index contributed by atoms with van der Waals surface area (Å²) in [7, 11) is 0. The quantitative estimate of drug-likeness (QED) is 0.287. The number of aromatic amines is 1. The summed E-state index contributed by atoms with van der Waals surface area (Å²) in [5.41, 5.74) is 7.35. The van der Waals surface area contributed by atoms with Crippen molar-refractivity contribution in [2.45, 2.75) is 0 Å². The topological polar surface area (TPSA) is 33.9 Å². The predicted octanol–water partition coefficient (Wildman–Crippen LogP) is 7.92. The third kappa shape index (κ3) is 2.15. The molecule has 0 atom stereocenters. The average molecular weight is 420 g/mol. The second-order valence-electron chi connectivity index (χ2n) is 8.54. The van der Waals surface area contributed by atoms with Gasteiger partial charge in [-0.2, -0.15) is 0 Å². The van der Waals surface area contributed by atoms with Crippen LogP contribution in [-0.4, -0.2) is 9.55 Å². The lowest BCUT2D eigenvalue weighted by Crippen LogP contribution is -1.93. The van der Waals surface area contributed by atoms with Crippen LogP contribution in [0.5, 0.6) is 0 Å². The second kappa shape index (κ2) is 5.97. The Kier molecular flexibility index (Phi) is 3.06. The predicted molar refractivity (Wildman–Crippen MR) is 135 cm³/mol. The molecule has 1 N–H and O–H groups in total. The van der Waals surface area contributed by atoms with Crippen LogP contribution in [0.2, 0.25) is 0 Å². The molecule has 0 fully saturated rings. The molecule has 3 nitrogen and oxygen atoms in total. The van der Waals surface area contributed by atoms with E-state index in [0.717, 1.165) is 49.6 Å². The molecule has 3 heteroatoms. The van der Waals surface area contributed by atoms with Gasteiger partial charge in [0, 0.05) is 49.6 Å². The number of nitrogens with one attached hydrogen (secondary N) is 1. The number of para-hydroxylation sites is 2. The molecule has 0 amide bonds. The number of nitrogens with zero attached hydrogens (tertiary/aromatic N) is 1. The monoisotopic (exact) mass is 420 g/mol. The molecule has 0 saturated heterocycles. The van der Waals surface area contributed by atoms with Crippen molar-refractivity contribution in [3.05, 3.63) is 103 Å². The van der Waals surface area contributed by atoms with Crippen molar-refractivity contribution in [1.82, 2.24) is 9.55 Å². The first-order valence-electron chi connectivity index (χ1n) is 11.0. The Labute approximate surface area is 188 Å². The molecule has 0 radical (unpaired) electrons. The van der Waals surface area contributed by atoms with E-state index in [4.69, 9.17) is 4.42 Å². The first-order valence-corrected chi connectivity index (χ1v) is 11.0. The minimum absolute atomic E-state index is 0.904. The zero-order chi connectivity index (χ0) is 21.5. The normalized spacial score (nSPS) is 12.0. The van der Waals surface area contributed by atoms with Gasteiger partial charge in [-0.1, -0.05) is 48.5 Å². The van der Waals surface area contributed by atoms with E-state index in [2.05, 4.69) is 94.5 Å². The van der Waals surface area contributed by atoms with E-state index in [9.17, 15) is 0 Å². The lowest BCUT2D eigenvalue weighted by molar-refractivity contribution is 0.669. The summed E-state index contributed by atoms with van der Waals surface area (Å²) in [6, 6.07) is 38.1. The Hall–Kier alpha value is -4.68. The summed E-state index contributed by atoms with van der Waals surface area (Å²) in [6.45, 7) is 0. The van der Waals surface area contributed by atoms with Gasteiger partial charge in [-0.15, -0.1) is 0 Å². The highest BCUT2D eigenvalue weighted by molar-refractivity contribution is 6.27. The van der Waals surface area contributed by atoms with Crippen LogP contribution in [0.1, 0.15) is 0 Å². The molecule has 5 aromatic carbocycles. The van der Waals surface area contributed by atoms with Crippen molar-refractivity contribution in [1.29, 1.82) is 0 Å². The van der Waals surface area contributed by atoms with E-state index in [1.807, 2.05) is 18.2 Å². The SMILES string of the molecule is c1ccc2c(c#1)[nH]c1ccc3c4cc5c(cc4n(-c4ccccc4)c3c12)oc1ccccc15. The number of H-pyrrole nitrogens is 1. The number of hydrogen-bond acceptors (Lipinski definition) is 1. The van der Waals surface area contributed by atoms with E-state index >= 15 is 0 Å². The standard InChI is InChI=1S/C30H16N2O/c1-2-8-18(9-3-1)32-26-17-28-23(19-10-5-7-13-27(19)33-28)16-22(26)20-14-15-25-29(30(20)32)21-11-4-6-12-24(21)31-25/h1-5,7-11,13-17,31H. The number of aromatic nitrogens is 2. The van der Waals surface area contributed by atoms with Crippen LogP contribution in [0.4, 0.5) is 0 Å². The summed E-state index contributed by atoms with van der Waals surface area (Å²) in [6.07, 6.45) is 0. The summed E-state index contributed by atoms with van der Waals surface area (Å²) in [5, 5.41) is 7.09. The van der Waals surface area contributed by atoms with Crippen LogP contribution in [-0.2, 0) is 0 Å². The van der Waals surface area contributed by atoms with Gasteiger partial charge in [0.25, 0.3) is 0 Å². The van der Waals surface area contributed by atoms with Gasteiger partial charge >= 0.3 is 0 Å². The van der Waals surface area contributed by atoms with Crippen LogP contribution in [0.25, 0.3) is 71.2 Å². The Balaban J connectivity index is 1.66. The highest BCUT2D eigenvalue weighted by Gasteiger charge is 2.19. The van der Waals surface area contributed by atoms with Gasteiger partial charge in [0.05, 0.1) is 16.6 Å². The summed E-state index contributed by atoms with van der Waals surface area (Å²) in [4.78, 5) is 3.53. The zero-order valence-electron chi connectivity index (χ0n) is 17.5. The molecule has 8 rings (SSSR count). The van der Waals surface area contributed by atoms with Crippen molar-refractivity contribution in [3.63, 3.8) is 0 Å². The van der Waals surface area contributed by atoms with Crippen molar-refractivity contribution < 1.29 is 4.42 Å². The fraction of sp³-hybridized carbons (Fsp3) is 0. The molecule has 0 saturated carbocycles. The summed E-state index contributed by atoms with van der Waals surface area (Å²) < 4.78 is 8.63. The molecule has 0 aliphatic carbocycles. The van der Waals surface area contributed by atoms with Crippen LogP contribution in [0.15, 0.2) is 95.4 Å². The fourth-order valence-electron chi connectivity index (χ4n) is 5.38. The highest BCUT2D eigenvalue weighted by Crippen LogP contribution is 2.42. The summed E-state index contributed by atoms with van der Waals surface area (Å²) >= 11 is 0. The van der Waals surface area contributed by atoms with E-state index in [1.54, 1.807) is 0 Å². The first-order chi connectivity index (χ1) is 16.4. The molecule has 152 valence electrons. The fourth-order valence-corrected chi connectivity index (χ4v) is 5.38. The second-order valence-corrected chi connectivity index (χ2v) is 8.54. The van der Waals surface area contributed by atoms with E-state index in [1.165, 1.54) is 21.7 Å². The zero-order valence-corrected chi connectivity index (χ0v) is 17.5. The molecule has 0 aliphatic heterocycles. The van der Waals surface area contributed by atoms with E-state index in [-0.39, 0.29) is 0 Å². The van der Waals surface area contributed by atoms with Crippen molar-refractivity contribution >= 4 is 65.6 Å². The smallest absolute Gasteiger partial charge is 0.137 e. The lowest BCUT2D eigenvalue weighted by Gasteiger charge is -2.08. The van der Waals surface area contributed by atoms with Crippen LogP contribution in [0.3, 0.4) is 0 Å². The Morgan fingerprint density at radius 1 is 0.697 bits per heavy atom. The molecule has 8 aromatic rings. The summed E-state index contributed by atoms with van der Waals surface area (Å²) in [5.74, 6) is 0. The number of rotatable bonds is 1. The van der Waals surface area contributed by atoms with Crippen LogP contribution >= 0.6 is 0 Å². The first kappa shape index (κ1) is 16.9. The minimum Gasteiger partial charge on any atom is -0.456 e. The third-order valence-corrected chi connectivity index (χ3v) is 6.77. The molecule has 33 heavy (non-hydrogen) atoms. The lowest BCUT2D eigenvalue weighted by atomic mass is 10.1. The van der Waals surface area contributed by atoms with E-state index < -0.39 is 0 Å². The van der Waals surface area contributed by atoms with Crippen LogP contribution < -0.4 is 0 Å². The Morgan fingerprint density at radius 3 is 2.52 bits per heavy atom. The van der Waals surface area contributed by atoms with Gasteiger partial charge < -0.3 is 14.0 Å². The maximum absolute atomic E-state index is 6.26. The molecule has 0 unspecified atom stereocenters. The molecular formula is C30H16N2O. The molecule has 0 aliphatic rings. The number of benzene rings is 4. The molecule has 3 aromatic heterocycles. The van der Waals surface area contributed by atoms with Crippen molar-refractivity contribution in [2.75, 3.05) is 0 Å². The maximum atomic E-state index is 6.26. The Bertz CT molecular complexity index is 2020. The molecule has 3 heterocycles. The van der Waals surface area contributed by atoms with Gasteiger partial charge in [0.15, 0.2) is 0 Å². The molecule has 0 spiro atoms. The van der Waals surface area contributed by atoms with Crippen molar-refractivity contribution in [2.24, 2.45) is 0 Å². The largest absolute Gasteiger partial charge is 0.456 e. The number of hydrogen-bond donors (Lipinski definition) is 1. The Morgan fingerprint density at radius 2 is 1.58 bits per heavy atom. The highest BCUT2D eigenvalue weighted by atomic mass is 16.3. The van der Waals surface area contributed by atoms with Crippen LogP contribution in [0, 0.1) is 12.1 Å². The van der Waals surface area contributed by atoms with Gasteiger partial charge in [-0.3, -0.25) is 0 Å². The number of fused-ring (bicyclic) bond motifs is 10. The van der Waals surface area contributed by atoms with E-state index in [0.29, 0.717) is 0 Å². The van der Waals surface area contributed by atoms with Gasteiger partial charge in [-0.25, -0.2) is 0 Å².